The van der Waals surface area contributed by atoms with Crippen LogP contribution in [0.25, 0.3) is 16.7 Å². The first-order valence-corrected chi connectivity index (χ1v) is 10.3. The monoisotopic (exact) mass is 406 g/mol. The summed E-state index contributed by atoms with van der Waals surface area (Å²) in [4.78, 5) is 12.7. The fourth-order valence-electron chi connectivity index (χ4n) is 4.51. The molecule has 2 aromatic carbocycles. The van der Waals surface area contributed by atoms with Crippen LogP contribution in [0.2, 0.25) is 5.02 Å². The molecule has 0 amide bonds. The maximum absolute atomic E-state index is 6.33. The van der Waals surface area contributed by atoms with Crippen LogP contribution in [0, 0.1) is 13.8 Å². The fraction of sp³-hybridized carbons (Fsp3) is 0.318. The lowest BCUT2D eigenvalue weighted by atomic mass is 9.96. The number of fused-ring (bicyclic) bond motifs is 1. The third kappa shape index (κ3) is 2.74. The molecule has 0 aliphatic carbocycles. The summed E-state index contributed by atoms with van der Waals surface area (Å²) in [5.41, 5.74) is 6.05. The summed E-state index contributed by atoms with van der Waals surface area (Å²) in [5, 5.41) is 9.50. The Morgan fingerprint density at radius 1 is 1.10 bits per heavy atom. The van der Waals surface area contributed by atoms with Crippen LogP contribution in [0.15, 0.2) is 42.7 Å². The van der Waals surface area contributed by atoms with Crippen molar-refractivity contribution in [2.45, 2.75) is 39.2 Å². The normalized spacial score (nSPS) is 19.4. The zero-order chi connectivity index (χ0) is 20.2. The predicted molar refractivity (Wildman–Crippen MR) is 116 cm³/mol. The molecule has 2 aromatic heterocycles. The first-order valence-electron chi connectivity index (χ1n) is 9.88. The number of hydrogen-bond donors (Lipinski definition) is 1. The molecule has 4 aromatic rings. The molecule has 1 atom stereocenters. The minimum atomic E-state index is -0.258. The third-order valence-electron chi connectivity index (χ3n) is 6.11. The van der Waals surface area contributed by atoms with Crippen molar-refractivity contribution in [3.8, 4) is 5.69 Å². The molecule has 5 rings (SSSR count). The van der Waals surface area contributed by atoms with E-state index in [1.54, 1.807) is 17.2 Å². The number of imidazole rings is 1. The highest BCUT2D eigenvalue weighted by atomic mass is 35.5. The number of hydrogen-bond acceptors (Lipinski definition) is 4. The van der Waals surface area contributed by atoms with Crippen molar-refractivity contribution in [1.82, 2.24) is 25.0 Å². The van der Waals surface area contributed by atoms with Gasteiger partial charge in [0.05, 0.1) is 34.7 Å². The van der Waals surface area contributed by atoms with Crippen LogP contribution in [-0.2, 0) is 5.54 Å². The van der Waals surface area contributed by atoms with E-state index < -0.39 is 0 Å². The molecule has 0 saturated carbocycles. The van der Waals surface area contributed by atoms with Gasteiger partial charge >= 0.3 is 0 Å². The molecule has 1 aliphatic rings. The van der Waals surface area contributed by atoms with E-state index >= 15 is 0 Å². The van der Waals surface area contributed by atoms with E-state index in [0.717, 1.165) is 58.2 Å². The predicted octanol–water partition coefficient (Wildman–Crippen LogP) is 4.93. The number of H-pyrrole nitrogens is 1. The molecule has 148 valence electrons. The van der Waals surface area contributed by atoms with Gasteiger partial charge in [0.1, 0.15) is 11.5 Å². The van der Waals surface area contributed by atoms with Gasteiger partial charge in [0.15, 0.2) is 0 Å². The second kappa shape index (κ2) is 6.59. The lowest BCUT2D eigenvalue weighted by molar-refractivity contribution is 0.465. The maximum Gasteiger partial charge on any atom is 0.132 e. The van der Waals surface area contributed by atoms with Gasteiger partial charge in [-0.25, -0.2) is 4.98 Å². The molecule has 1 fully saturated rings. The van der Waals surface area contributed by atoms with Crippen LogP contribution in [-0.4, -0.2) is 31.5 Å². The summed E-state index contributed by atoms with van der Waals surface area (Å²) < 4.78 is 0. The van der Waals surface area contributed by atoms with Crippen LogP contribution in [0.4, 0.5) is 5.69 Å². The molecule has 0 unspecified atom stereocenters. The first-order chi connectivity index (χ1) is 14.0. The van der Waals surface area contributed by atoms with Crippen molar-refractivity contribution in [2.75, 3.05) is 11.4 Å². The number of aryl methyl sites for hydroxylation is 2. The quantitative estimate of drug-likeness (QED) is 0.524. The van der Waals surface area contributed by atoms with Gasteiger partial charge in [-0.2, -0.15) is 10.2 Å². The Hall–Kier alpha value is -2.86. The highest BCUT2D eigenvalue weighted by Crippen LogP contribution is 2.44. The summed E-state index contributed by atoms with van der Waals surface area (Å²) in [7, 11) is 0. The number of aromatic amines is 1. The van der Waals surface area contributed by atoms with Gasteiger partial charge in [0.2, 0.25) is 0 Å². The van der Waals surface area contributed by atoms with Crippen molar-refractivity contribution in [3.63, 3.8) is 0 Å². The van der Waals surface area contributed by atoms with Crippen LogP contribution in [0.5, 0.6) is 0 Å². The largest absolute Gasteiger partial charge is 0.357 e. The van der Waals surface area contributed by atoms with Crippen molar-refractivity contribution >= 4 is 28.3 Å². The summed E-state index contributed by atoms with van der Waals surface area (Å²) in [5.74, 6) is 0.970. The number of benzene rings is 2. The van der Waals surface area contributed by atoms with Crippen molar-refractivity contribution in [2.24, 2.45) is 0 Å². The van der Waals surface area contributed by atoms with Gasteiger partial charge in [0, 0.05) is 11.6 Å². The highest BCUT2D eigenvalue weighted by molar-refractivity contribution is 6.32. The lowest BCUT2D eigenvalue weighted by Crippen LogP contribution is -2.40. The van der Waals surface area contributed by atoms with E-state index in [1.807, 2.05) is 19.1 Å². The average Bonchev–Trinajstić information content (AvgIpc) is 3.45. The molecule has 1 N–H and O–H groups in total. The van der Waals surface area contributed by atoms with Crippen molar-refractivity contribution < 1.29 is 0 Å². The molecule has 6 nitrogen and oxygen atoms in total. The maximum atomic E-state index is 6.33. The van der Waals surface area contributed by atoms with Gasteiger partial charge < -0.3 is 9.88 Å². The molecule has 0 bridgehead atoms. The minimum absolute atomic E-state index is 0.258. The molecule has 29 heavy (non-hydrogen) atoms. The van der Waals surface area contributed by atoms with Crippen LogP contribution < -0.4 is 4.90 Å². The highest BCUT2D eigenvalue weighted by Gasteiger charge is 2.42. The Kier molecular flexibility index (Phi) is 4.13. The molecule has 7 heteroatoms. The Morgan fingerprint density at radius 2 is 1.90 bits per heavy atom. The number of nitrogens with one attached hydrogen (secondary N) is 1. The first kappa shape index (κ1) is 18.2. The van der Waals surface area contributed by atoms with E-state index in [1.165, 1.54) is 5.56 Å². The van der Waals surface area contributed by atoms with Gasteiger partial charge in [-0.15, -0.1) is 4.80 Å². The number of rotatable bonds is 3. The number of halogens is 1. The molecule has 3 heterocycles. The lowest BCUT2D eigenvalue weighted by Gasteiger charge is -2.37. The van der Waals surface area contributed by atoms with Crippen LogP contribution in [0.3, 0.4) is 0 Å². The van der Waals surface area contributed by atoms with Crippen molar-refractivity contribution in [3.05, 3.63) is 64.7 Å². The molecule has 0 spiro atoms. The average molecular weight is 407 g/mol. The zero-order valence-corrected chi connectivity index (χ0v) is 17.5. The summed E-state index contributed by atoms with van der Waals surface area (Å²) >= 11 is 6.33. The molecular weight excluding hydrogens is 384 g/mol. The number of aromatic nitrogens is 5. The Morgan fingerprint density at radius 3 is 2.69 bits per heavy atom. The van der Waals surface area contributed by atoms with E-state index in [9.17, 15) is 0 Å². The van der Waals surface area contributed by atoms with Gasteiger partial charge in [-0.3, -0.25) is 0 Å². The summed E-state index contributed by atoms with van der Waals surface area (Å²) in [6.07, 6.45) is 5.52. The van der Waals surface area contributed by atoms with E-state index in [0.29, 0.717) is 0 Å². The second-order valence-electron chi connectivity index (χ2n) is 7.94. The zero-order valence-electron chi connectivity index (χ0n) is 16.8. The Balaban J connectivity index is 1.67. The minimum Gasteiger partial charge on any atom is -0.357 e. The molecule has 1 aliphatic heterocycles. The third-order valence-corrected chi connectivity index (χ3v) is 6.52. The second-order valence-corrected chi connectivity index (χ2v) is 8.35. The SMILES string of the molecule is Cc1cccc(-n2nccn2)c1N1CCC[C@@]1(C)c1nc2c(C)c(Cl)ccc2[nH]1. The van der Waals surface area contributed by atoms with Crippen molar-refractivity contribution in [1.29, 1.82) is 0 Å². The summed E-state index contributed by atoms with van der Waals surface area (Å²) in [6.45, 7) is 7.38. The van der Waals surface area contributed by atoms with Gasteiger partial charge in [-0.1, -0.05) is 23.7 Å². The van der Waals surface area contributed by atoms with E-state index in [-0.39, 0.29) is 5.54 Å². The molecule has 0 radical (unpaired) electrons. The van der Waals surface area contributed by atoms with E-state index in [4.69, 9.17) is 16.6 Å². The van der Waals surface area contributed by atoms with Gasteiger partial charge in [-0.05, 0) is 62.9 Å². The topological polar surface area (TPSA) is 62.6 Å². The number of anilines is 1. The number of nitrogens with zero attached hydrogens (tertiary/aromatic N) is 5. The van der Waals surface area contributed by atoms with Gasteiger partial charge in [0.25, 0.3) is 0 Å². The van der Waals surface area contributed by atoms with Crippen LogP contribution >= 0.6 is 11.6 Å². The standard InChI is InChI=1S/C22H23ClN6/c1-14-6-4-7-18(29-24-11-12-25-29)20(14)28-13-5-10-22(28,3)21-26-17-9-8-16(23)15(2)19(17)27-21/h4,6-9,11-12H,5,10,13H2,1-3H3,(H,26,27)/t22-/m0/s1. The Labute approximate surface area is 174 Å². The number of para-hydroxylation sites is 1. The molecule has 1 saturated heterocycles. The Bertz CT molecular complexity index is 1200. The fourth-order valence-corrected chi connectivity index (χ4v) is 4.66. The summed E-state index contributed by atoms with van der Waals surface area (Å²) in [6, 6.07) is 10.2. The molecular formula is C22H23ClN6. The smallest absolute Gasteiger partial charge is 0.132 e. The van der Waals surface area contributed by atoms with Crippen LogP contribution in [0.1, 0.15) is 36.7 Å². The van der Waals surface area contributed by atoms with E-state index in [2.05, 4.69) is 52.1 Å².